The molecule has 1 rings (SSSR count). The van der Waals surface area contributed by atoms with Gasteiger partial charge in [0.15, 0.2) is 0 Å². The van der Waals surface area contributed by atoms with Crippen LogP contribution in [0, 0.1) is 0 Å². The standard InChI is InChI=1S/C11H13NO3S/c13-6-10(8-16)12-11(14)15-7-9-4-2-1-3-5-9/h1-6,10,16H,7-8H2,(H,12,14)/t10-/m1/s1. The van der Waals surface area contributed by atoms with Crippen molar-refractivity contribution in [3.8, 4) is 0 Å². The first-order valence-electron chi connectivity index (χ1n) is 4.79. The van der Waals surface area contributed by atoms with Crippen molar-refractivity contribution in [2.45, 2.75) is 12.6 Å². The molecule has 1 atom stereocenters. The summed E-state index contributed by atoms with van der Waals surface area (Å²) in [6.07, 6.45) is 0.00606. The van der Waals surface area contributed by atoms with Gasteiger partial charge in [0.2, 0.25) is 0 Å². The van der Waals surface area contributed by atoms with Gasteiger partial charge in [0, 0.05) is 5.75 Å². The second-order valence-electron chi connectivity index (χ2n) is 3.13. The second-order valence-corrected chi connectivity index (χ2v) is 3.50. The minimum absolute atomic E-state index is 0.185. The van der Waals surface area contributed by atoms with Gasteiger partial charge in [-0.15, -0.1) is 0 Å². The van der Waals surface area contributed by atoms with Gasteiger partial charge in [0.25, 0.3) is 0 Å². The summed E-state index contributed by atoms with van der Waals surface area (Å²) >= 11 is 3.91. The van der Waals surface area contributed by atoms with E-state index < -0.39 is 12.1 Å². The van der Waals surface area contributed by atoms with Gasteiger partial charge in [-0.2, -0.15) is 12.6 Å². The predicted octanol–water partition coefficient (Wildman–Crippen LogP) is 1.41. The van der Waals surface area contributed by atoms with Crippen LogP contribution in [0.5, 0.6) is 0 Å². The largest absolute Gasteiger partial charge is 0.445 e. The molecule has 5 heteroatoms. The highest BCUT2D eigenvalue weighted by Gasteiger charge is 2.09. The van der Waals surface area contributed by atoms with Crippen LogP contribution in [0.1, 0.15) is 5.56 Å². The molecule has 1 aromatic rings. The molecule has 0 aromatic heterocycles. The minimum atomic E-state index is -0.616. The van der Waals surface area contributed by atoms with Crippen molar-refractivity contribution < 1.29 is 14.3 Å². The molecule has 0 spiro atoms. The van der Waals surface area contributed by atoms with E-state index >= 15 is 0 Å². The van der Waals surface area contributed by atoms with Crippen molar-refractivity contribution in [1.29, 1.82) is 0 Å². The first-order valence-corrected chi connectivity index (χ1v) is 5.43. The number of alkyl carbamates (subject to hydrolysis) is 1. The Balaban J connectivity index is 2.33. The molecule has 0 saturated carbocycles. The van der Waals surface area contributed by atoms with Crippen LogP contribution in [-0.2, 0) is 16.1 Å². The number of nitrogens with one attached hydrogen (secondary N) is 1. The van der Waals surface area contributed by atoms with Crippen LogP contribution in [0.4, 0.5) is 4.79 Å². The van der Waals surface area contributed by atoms with Crippen molar-refractivity contribution >= 4 is 25.0 Å². The molecule has 0 aliphatic heterocycles. The van der Waals surface area contributed by atoms with Gasteiger partial charge in [-0.3, -0.25) is 0 Å². The lowest BCUT2D eigenvalue weighted by atomic mass is 10.2. The average Bonchev–Trinajstić information content (AvgIpc) is 2.34. The van der Waals surface area contributed by atoms with E-state index in [1.54, 1.807) is 0 Å². The summed E-state index contributed by atoms with van der Waals surface area (Å²) in [6, 6.07) is 8.70. The fourth-order valence-corrected chi connectivity index (χ4v) is 1.22. The average molecular weight is 239 g/mol. The minimum Gasteiger partial charge on any atom is -0.445 e. The van der Waals surface area contributed by atoms with Crippen molar-refractivity contribution in [3.63, 3.8) is 0 Å². The van der Waals surface area contributed by atoms with Crippen LogP contribution in [0.15, 0.2) is 30.3 Å². The number of carbonyl (C=O) groups is 2. The molecule has 0 aliphatic carbocycles. The molecule has 0 unspecified atom stereocenters. The lowest BCUT2D eigenvalue weighted by Gasteiger charge is -2.10. The Labute approximate surface area is 99.4 Å². The monoisotopic (exact) mass is 239 g/mol. The smallest absolute Gasteiger partial charge is 0.408 e. The summed E-state index contributed by atoms with van der Waals surface area (Å²) in [5, 5.41) is 2.38. The summed E-state index contributed by atoms with van der Waals surface area (Å²) < 4.78 is 4.92. The molecule has 1 aromatic carbocycles. The third-order valence-corrected chi connectivity index (χ3v) is 2.27. The van der Waals surface area contributed by atoms with Crippen LogP contribution < -0.4 is 5.32 Å². The van der Waals surface area contributed by atoms with Crippen LogP contribution in [-0.4, -0.2) is 24.2 Å². The zero-order chi connectivity index (χ0) is 11.8. The zero-order valence-corrected chi connectivity index (χ0v) is 9.52. The predicted molar refractivity (Wildman–Crippen MR) is 63.5 cm³/mol. The second kappa shape index (κ2) is 6.90. The highest BCUT2D eigenvalue weighted by atomic mass is 32.1. The van der Waals surface area contributed by atoms with Crippen LogP contribution in [0.25, 0.3) is 0 Å². The molecule has 0 bridgehead atoms. The first kappa shape index (κ1) is 12.6. The van der Waals surface area contributed by atoms with Gasteiger partial charge >= 0.3 is 6.09 Å². The maximum Gasteiger partial charge on any atom is 0.408 e. The zero-order valence-electron chi connectivity index (χ0n) is 8.63. The van der Waals surface area contributed by atoms with Crippen LogP contribution in [0.2, 0.25) is 0 Å². The molecular weight excluding hydrogens is 226 g/mol. The summed E-state index contributed by atoms with van der Waals surface area (Å²) in [7, 11) is 0. The third kappa shape index (κ3) is 4.35. The summed E-state index contributed by atoms with van der Waals surface area (Å²) in [6.45, 7) is 0.185. The van der Waals surface area contributed by atoms with E-state index in [1.165, 1.54) is 0 Å². The Bertz CT molecular complexity index is 342. The fourth-order valence-electron chi connectivity index (χ4n) is 1.04. The molecule has 0 radical (unpaired) electrons. The van der Waals surface area contributed by atoms with E-state index in [2.05, 4.69) is 17.9 Å². The molecule has 4 nitrogen and oxygen atoms in total. The van der Waals surface area contributed by atoms with E-state index in [4.69, 9.17) is 4.74 Å². The van der Waals surface area contributed by atoms with Crippen molar-refractivity contribution in [2.75, 3.05) is 5.75 Å². The Kier molecular flexibility index (Phi) is 5.42. The highest BCUT2D eigenvalue weighted by molar-refractivity contribution is 7.80. The lowest BCUT2D eigenvalue weighted by Crippen LogP contribution is -2.37. The summed E-state index contributed by atoms with van der Waals surface area (Å²) in [5.41, 5.74) is 0.895. The molecule has 0 saturated heterocycles. The molecule has 0 aliphatic rings. The van der Waals surface area contributed by atoms with Crippen molar-refractivity contribution in [2.24, 2.45) is 0 Å². The van der Waals surface area contributed by atoms with Gasteiger partial charge in [-0.25, -0.2) is 4.79 Å². The Morgan fingerprint density at radius 1 is 1.44 bits per heavy atom. The van der Waals surface area contributed by atoms with E-state index in [1.807, 2.05) is 30.3 Å². The maximum absolute atomic E-state index is 11.2. The van der Waals surface area contributed by atoms with Crippen LogP contribution >= 0.6 is 12.6 Å². The number of amides is 1. The number of aldehydes is 1. The molecule has 1 amide bonds. The maximum atomic E-state index is 11.2. The fraction of sp³-hybridized carbons (Fsp3) is 0.273. The molecule has 16 heavy (non-hydrogen) atoms. The number of thiol groups is 1. The number of hydrogen-bond donors (Lipinski definition) is 2. The highest BCUT2D eigenvalue weighted by Crippen LogP contribution is 2.00. The summed E-state index contributed by atoms with van der Waals surface area (Å²) in [4.78, 5) is 21.6. The number of ether oxygens (including phenoxy) is 1. The van der Waals surface area contributed by atoms with E-state index in [9.17, 15) is 9.59 Å². The topological polar surface area (TPSA) is 55.4 Å². The molecule has 86 valence electrons. The quantitative estimate of drug-likeness (QED) is 0.603. The van der Waals surface area contributed by atoms with E-state index in [0.717, 1.165) is 5.56 Å². The Morgan fingerprint density at radius 3 is 2.69 bits per heavy atom. The van der Waals surface area contributed by atoms with Crippen molar-refractivity contribution in [1.82, 2.24) is 5.32 Å². The van der Waals surface area contributed by atoms with E-state index in [0.29, 0.717) is 6.29 Å². The summed E-state index contributed by atoms with van der Waals surface area (Å²) in [5.74, 6) is 0.254. The van der Waals surface area contributed by atoms with Crippen molar-refractivity contribution in [3.05, 3.63) is 35.9 Å². The molecular formula is C11H13NO3S. The molecule has 1 N–H and O–H groups in total. The number of carbonyl (C=O) groups excluding carboxylic acids is 2. The van der Waals surface area contributed by atoms with Gasteiger partial charge < -0.3 is 14.8 Å². The van der Waals surface area contributed by atoms with E-state index in [-0.39, 0.29) is 12.4 Å². The number of hydrogen-bond acceptors (Lipinski definition) is 4. The van der Waals surface area contributed by atoms with Gasteiger partial charge in [-0.1, -0.05) is 30.3 Å². The normalized spacial score (nSPS) is 11.6. The SMILES string of the molecule is O=C[C@H](CS)NC(=O)OCc1ccccc1. The molecule has 0 fully saturated rings. The number of benzene rings is 1. The lowest BCUT2D eigenvalue weighted by molar-refractivity contribution is -0.109. The van der Waals surface area contributed by atoms with Gasteiger partial charge in [-0.05, 0) is 5.56 Å². The first-order chi connectivity index (χ1) is 7.76. The number of rotatable bonds is 5. The Morgan fingerprint density at radius 2 is 2.12 bits per heavy atom. The van der Waals surface area contributed by atoms with Crippen LogP contribution in [0.3, 0.4) is 0 Å². The Hall–Kier alpha value is -1.49. The van der Waals surface area contributed by atoms with Gasteiger partial charge in [0.05, 0.1) is 6.04 Å². The third-order valence-electron chi connectivity index (χ3n) is 1.88. The van der Waals surface area contributed by atoms with Gasteiger partial charge in [0.1, 0.15) is 12.9 Å². The molecule has 0 heterocycles.